The zero-order valence-corrected chi connectivity index (χ0v) is 18.9. The van der Waals surface area contributed by atoms with Crippen molar-refractivity contribution in [1.82, 2.24) is 24.3 Å². The molecular weight excluding hydrogens is 440 g/mol. The number of nitriles is 1. The van der Waals surface area contributed by atoms with Crippen LogP contribution in [-0.4, -0.2) is 24.3 Å². The minimum absolute atomic E-state index is 0.0234. The van der Waals surface area contributed by atoms with E-state index in [1.54, 1.807) is 11.8 Å². The summed E-state index contributed by atoms with van der Waals surface area (Å²) in [6.07, 6.45) is 4.73. The largest absolute Gasteiger partial charge is 0.303 e. The van der Waals surface area contributed by atoms with E-state index in [2.05, 4.69) is 20.8 Å². The fourth-order valence-corrected chi connectivity index (χ4v) is 5.97. The Labute approximate surface area is 192 Å². The van der Waals surface area contributed by atoms with Gasteiger partial charge in [0, 0.05) is 22.9 Å². The Morgan fingerprint density at radius 1 is 1.16 bits per heavy atom. The van der Waals surface area contributed by atoms with Gasteiger partial charge in [-0.15, -0.1) is 21.5 Å². The maximum absolute atomic E-state index is 13.4. The molecule has 7 nitrogen and oxygen atoms in total. The van der Waals surface area contributed by atoms with Crippen molar-refractivity contribution in [3.8, 4) is 17.2 Å². The zero-order valence-electron chi connectivity index (χ0n) is 17.3. The number of fused-ring (bicyclic) bond motifs is 1. The van der Waals surface area contributed by atoms with Crippen molar-refractivity contribution in [3.63, 3.8) is 0 Å². The topological polar surface area (TPSA) is 89.4 Å². The van der Waals surface area contributed by atoms with Crippen LogP contribution < -0.4 is 5.56 Å². The predicted molar refractivity (Wildman–Crippen MR) is 125 cm³/mol. The first-order valence-electron chi connectivity index (χ1n) is 10.8. The van der Waals surface area contributed by atoms with E-state index < -0.39 is 0 Å². The summed E-state index contributed by atoms with van der Waals surface area (Å²) in [5, 5.41) is 21.8. The number of thiophene rings is 1. The van der Waals surface area contributed by atoms with Crippen LogP contribution in [0.15, 0.2) is 45.7 Å². The molecule has 0 spiro atoms. The SMILES string of the molecule is N#CCn1c(CSc2nnc(C3CC3)n2C2CC2)nc2scc(-c3ccccc3)c2c1=O. The molecule has 0 saturated heterocycles. The highest BCUT2D eigenvalue weighted by molar-refractivity contribution is 7.98. The molecule has 2 aliphatic rings. The number of hydrogen-bond acceptors (Lipinski definition) is 7. The maximum Gasteiger partial charge on any atom is 0.263 e. The van der Waals surface area contributed by atoms with Crippen LogP contribution in [0, 0.1) is 11.3 Å². The Balaban J connectivity index is 1.38. The minimum Gasteiger partial charge on any atom is -0.303 e. The van der Waals surface area contributed by atoms with Gasteiger partial charge in [-0.1, -0.05) is 42.1 Å². The van der Waals surface area contributed by atoms with Crippen molar-refractivity contribution in [3.05, 3.63) is 57.7 Å². The van der Waals surface area contributed by atoms with Gasteiger partial charge in [-0.3, -0.25) is 9.36 Å². The number of thioether (sulfide) groups is 1. The lowest BCUT2D eigenvalue weighted by molar-refractivity contribution is 0.626. The average molecular weight is 461 g/mol. The van der Waals surface area contributed by atoms with E-state index in [9.17, 15) is 10.1 Å². The van der Waals surface area contributed by atoms with Crippen LogP contribution in [0.3, 0.4) is 0 Å². The monoisotopic (exact) mass is 460 g/mol. The quantitative estimate of drug-likeness (QED) is 0.370. The summed E-state index contributed by atoms with van der Waals surface area (Å²) in [6, 6.07) is 12.5. The van der Waals surface area contributed by atoms with Gasteiger partial charge >= 0.3 is 0 Å². The fraction of sp³-hybridized carbons (Fsp3) is 0.348. The van der Waals surface area contributed by atoms with E-state index in [1.807, 2.05) is 35.7 Å². The smallest absolute Gasteiger partial charge is 0.263 e. The van der Waals surface area contributed by atoms with Crippen molar-refractivity contribution in [2.24, 2.45) is 0 Å². The summed E-state index contributed by atoms with van der Waals surface area (Å²) in [5.74, 6) is 2.74. The van der Waals surface area contributed by atoms with E-state index in [0.717, 1.165) is 22.1 Å². The molecule has 0 aliphatic heterocycles. The highest BCUT2D eigenvalue weighted by Crippen LogP contribution is 2.46. The molecule has 0 bridgehead atoms. The third-order valence-electron chi connectivity index (χ3n) is 5.96. The van der Waals surface area contributed by atoms with E-state index in [-0.39, 0.29) is 12.1 Å². The number of aromatic nitrogens is 5. The third kappa shape index (κ3) is 3.44. The summed E-state index contributed by atoms with van der Waals surface area (Å²) in [7, 11) is 0. The summed E-state index contributed by atoms with van der Waals surface area (Å²) >= 11 is 3.03. The molecule has 1 aromatic carbocycles. The first kappa shape index (κ1) is 19.7. The lowest BCUT2D eigenvalue weighted by Gasteiger charge is -2.11. The predicted octanol–water partition coefficient (Wildman–Crippen LogP) is 4.74. The molecule has 2 aliphatic carbocycles. The van der Waals surface area contributed by atoms with E-state index in [0.29, 0.717) is 33.8 Å². The molecular formula is C23H20N6OS2. The summed E-state index contributed by atoms with van der Waals surface area (Å²) < 4.78 is 3.81. The summed E-state index contributed by atoms with van der Waals surface area (Å²) in [6.45, 7) is -0.0234. The average Bonchev–Trinajstić information content (AvgIpc) is 3.75. The molecule has 2 fully saturated rings. The molecule has 0 atom stereocenters. The number of hydrogen-bond donors (Lipinski definition) is 0. The van der Waals surface area contributed by atoms with E-state index >= 15 is 0 Å². The van der Waals surface area contributed by atoms with Gasteiger partial charge in [0.05, 0.1) is 17.2 Å². The standard InChI is InChI=1S/C23H20N6OS2/c24-10-11-28-18(13-32-23-27-26-20(15-6-7-15)29(23)16-8-9-16)25-21-19(22(28)30)17(12-31-21)14-4-2-1-3-5-14/h1-5,12,15-16H,6-9,11,13H2. The second-order valence-electron chi connectivity index (χ2n) is 8.28. The van der Waals surface area contributed by atoms with E-state index in [4.69, 9.17) is 4.98 Å². The lowest BCUT2D eigenvalue weighted by atomic mass is 10.1. The molecule has 3 aromatic heterocycles. The first-order chi connectivity index (χ1) is 15.7. The van der Waals surface area contributed by atoms with Crippen molar-refractivity contribution in [2.45, 2.75) is 55.1 Å². The Hall–Kier alpha value is -2.96. The van der Waals surface area contributed by atoms with Gasteiger partial charge in [-0.25, -0.2) is 4.98 Å². The van der Waals surface area contributed by atoms with Gasteiger partial charge < -0.3 is 4.57 Å². The highest BCUT2D eigenvalue weighted by Gasteiger charge is 2.36. The van der Waals surface area contributed by atoms with Crippen molar-refractivity contribution in [2.75, 3.05) is 0 Å². The van der Waals surface area contributed by atoms with Crippen molar-refractivity contribution < 1.29 is 0 Å². The third-order valence-corrected chi connectivity index (χ3v) is 7.77. The molecule has 32 heavy (non-hydrogen) atoms. The second-order valence-corrected chi connectivity index (χ2v) is 10.1. The van der Waals surface area contributed by atoms with Crippen LogP contribution in [-0.2, 0) is 12.3 Å². The Bertz CT molecular complexity index is 1410. The number of nitrogens with zero attached hydrogens (tertiary/aromatic N) is 6. The Kier molecular flexibility index (Phi) is 4.85. The molecule has 9 heteroatoms. The van der Waals surface area contributed by atoms with Gasteiger partial charge in [0.15, 0.2) is 5.16 Å². The van der Waals surface area contributed by atoms with Crippen LogP contribution in [0.25, 0.3) is 21.3 Å². The van der Waals surface area contributed by atoms with Gasteiger partial charge in [0.2, 0.25) is 0 Å². The van der Waals surface area contributed by atoms with Gasteiger partial charge in [-0.2, -0.15) is 5.26 Å². The molecule has 3 heterocycles. The van der Waals surface area contributed by atoms with Crippen LogP contribution in [0.4, 0.5) is 0 Å². The Morgan fingerprint density at radius 3 is 2.69 bits per heavy atom. The van der Waals surface area contributed by atoms with Crippen LogP contribution in [0.2, 0.25) is 0 Å². The fourth-order valence-electron chi connectivity index (χ4n) is 4.05. The number of rotatable bonds is 7. The van der Waals surface area contributed by atoms with Crippen LogP contribution in [0.1, 0.15) is 49.3 Å². The minimum atomic E-state index is -0.158. The van der Waals surface area contributed by atoms with Crippen LogP contribution >= 0.6 is 23.1 Å². The van der Waals surface area contributed by atoms with Crippen molar-refractivity contribution >= 4 is 33.3 Å². The molecule has 0 N–H and O–H groups in total. The summed E-state index contributed by atoms with van der Waals surface area (Å²) in [4.78, 5) is 19.0. The molecule has 0 unspecified atom stereocenters. The molecule has 0 amide bonds. The highest BCUT2D eigenvalue weighted by atomic mass is 32.2. The van der Waals surface area contributed by atoms with Gasteiger partial charge in [0.25, 0.3) is 5.56 Å². The first-order valence-corrected chi connectivity index (χ1v) is 12.6. The lowest BCUT2D eigenvalue weighted by Crippen LogP contribution is -2.24. The van der Waals surface area contributed by atoms with Gasteiger partial charge in [-0.05, 0) is 31.2 Å². The Morgan fingerprint density at radius 2 is 1.97 bits per heavy atom. The molecule has 160 valence electrons. The molecule has 6 rings (SSSR count). The van der Waals surface area contributed by atoms with Crippen molar-refractivity contribution in [1.29, 1.82) is 5.26 Å². The summed E-state index contributed by atoms with van der Waals surface area (Å²) in [5.41, 5.74) is 1.69. The number of benzene rings is 1. The molecule has 2 saturated carbocycles. The zero-order chi connectivity index (χ0) is 21.7. The molecule has 0 radical (unpaired) electrons. The second kappa shape index (κ2) is 7.87. The molecule has 4 aromatic rings. The van der Waals surface area contributed by atoms with Crippen LogP contribution in [0.5, 0.6) is 0 Å². The van der Waals surface area contributed by atoms with Gasteiger partial charge in [0.1, 0.15) is 23.0 Å². The van der Waals surface area contributed by atoms with E-state index in [1.165, 1.54) is 41.6 Å². The maximum atomic E-state index is 13.4. The normalized spacial score (nSPS) is 15.8.